The van der Waals surface area contributed by atoms with E-state index in [0.717, 1.165) is 11.4 Å². The Morgan fingerprint density at radius 3 is 1.50 bits per heavy atom. The summed E-state index contributed by atoms with van der Waals surface area (Å²) in [4.78, 5) is 24.4. The Bertz CT molecular complexity index is 602. The Kier molecular flexibility index (Phi) is 2.37. The van der Waals surface area contributed by atoms with Gasteiger partial charge in [-0.15, -0.1) is 20.5 Å². The number of hydrazine groups is 4. The van der Waals surface area contributed by atoms with Crippen LogP contribution in [0.25, 0.3) is 0 Å². The second-order valence-corrected chi connectivity index (χ2v) is 4.82. The van der Waals surface area contributed by atoms with Crippen molar-refractivity contribution in [3.8, 4) is 0 Å². The molecule has 0 aromatic heterocycles. The largest absolute Gasteiger partial charge is 0.290 e. The van der Waals surface area contributed by atoms with Gasteiger partial charge in [0.1, 0.15) is 11.4 Å². The number of anilines is 2. The number of hydrogen-bond donors (Lipinski definition) is 0. The Morgan fingerprint density at radius 2 is 1.20 bits per heavy atom. The van der Waals surface area contributed by atoms with Gasteiger partial charge >= 0.3 is 0 Å². The number of hydrogen-bond acceptors (Lipinski definition) is 4. The van der Waals surface area contributed by atoms with Crippen molar-refractivity contribution >= 4 is 23.2 Å². The van der Waals surface area contributed by atoms with E-state index in [-0.39, 0.29) is 11.8 Å². The highest BCUT2D eigenvalue weighted by Gasteiger charge is 2.57. The van der Waals surface area contributed by atoms with Gasteiger partial charge in [0.05, 0.1) is 0 Å². The SMILES string of the molecule is C=C(C)C(=O)N1N2c3ccccc3N1N2C(=O)C(=C)C. The summed E-state index contributed by atoms with van der Waals surface area (Å²) in [6, 6.07) is 7.40. The predicted molar refractivity (Wildman–Crippen MR) is 74.7 cm³/mol. The first-order valence-electron chi connectivity index (χ1n) is 6.14. The van der Waals surface area contributed by atoms with Gasteiger partial charge in [0.15, 0.2) is 0 Å². The quantitative estimate of drug-likeness (QED) is 0.769. The summed E-state index contributed by atoms with van der Waals surface area (Å²) in [6.07, 6.45) is 0. The molecule has 0 unspecified atom stereocenters. The molecular formula is C14H14N4O2. The second kappa shape index (κ2) is 3.86. The molecular weight excluding hydrogens is 256 g/mol. The number of amides is 2. The fourth-order valence-corrected chi connectivity index (χ4v) is 2.19. The molecule has 3 aliphatic rings. The van der Waals surface area contributed by atoms with Crippen LogP contribution in [0.2, 0.25) is 0 Å². The predicted octanol–water partition coefficient (Wildman–Crippen LogP) is 1.80. The van der Waals surface area contributed by atoms with Crippen molar-refractivity contribution in [2.45, 2.75) is 13.8 Å². The van der Waals surface area contributed by atoms with Gasteiger partial charge in [0.25, 0.3) is 11.8 Å². The molecule has 6 heteroatoms. The molecule has 2 amide bonds. The molecule has 0 radical (unpaired) electrons. The second-order valence-electron chi connectivity index (χ2n) is 4.82. The van der Waals surface area contributed by atoms with Crippen LogP contribution in [0.5, 0.6) is 0 Å². The molecule has 4 rings (SSSR count). The first kappa shape index (κ1) is 12.3. The van der Waals surface area contributed by atoms with Gasteiger partial charge in [-0.2, -0.15) is 0 Å². The molecule has 3 heterocycles. The lowest BCUT2D eigenvalue weighted by Gasteiger charge is -2.52. The van der Waals surface area contributed by atoms with Crippen molar-refractivity contribution in [1.82, 2.24) is 10.2 Å². The molecule has 0 spiro atoms. The van der Waals surface area contributed by atoms with Gasteiger partial charge in [0.2, 0.25) is 0 Å². The molecule has 6 nitrogen and oxygen atoms in total. The van der Waals surface area contributed by atoms with Crippen LogP contribution in [0.1, 0.15) is 13.8 Å². The van der Waals surface area contributed by atoms with Gasteiger partial charge in [0, 0.05) is 11.1 Å². The van der Waals surface area contributed by atoms with E-state index in [1.807, 2.05) is 24.3 Å². The summed E-state index contributed by atoms with van der Waals surface area (Å²) >= 11 is 0. The summed E-state index contributed by atoms with van der Waals surface area (Å²) in [5.74, 6) is -0.515. The summed E-state index contributed by atoms with van der Waals surface area (Å²) in [5.41, 5.74) is 2.35. The minimum atomic E-state index is -0.257. The van der Waals surface area contributed by atoms with Crippen LogP contribution >= 0.6 is 0 Å². The van der Waals surface area contributed by atoms with E-state index in [0.29, 0.717) is 11.1 Å². The molecule has 1 aromatic rings. The number of nitrogens with zero attached hydrogens (tertiary/aromatic N) is 4. The lowest BCUT2D eigenvalue weighted by molar-refractivity contribution is -0.162. The monoisotopic (exact) mass is 270 g/mol. The van der Waals surface area contributed by atoms with E-state index in [4.69, 9.17) is 0 Å². The number of para-hydroxylation sites is 2. The van der Waals surface area contributed by atoms with E-state index in [1.54, 1.807) is 13.8 Å². The number of rotatable bonds is 2. The van der Waals surface area contributed by atoms with Crippen LogP contribution in [-0.2, 0) is 9.59 Å². The molecule has 0 N–H and O–H groups in total. The highest BCUT2D eigenvalue weighted by atomic mass is 16.4. The standard InChI is InChI=1S/C14H14N4O2/c1-9(2)13(19)17-15-11-7-5-6-8-12(11)16(17)18(15)14(20)10(3)4/h5-8H,1,3H2,2,4H3. The zero-order chi connectivity index (χ0) is 14.6. The van der Waals surface area contributed by atoms with Gasteiger partial charge < -0.3 is 0 Å². The number of benzene rings is 1. The van der Waals surface area contributed by atoms with Crippen molar-refractivity contribution in [3.05, 3.63) is 48.6 Å². The van der Waals surface area contributed by atoms with E-state index in [9.17, 15) is 9.59 Å². The summed E-state index contributed by atoms with van der Waals surface area (Å²) < 4.78 is 0. The lowest BCUT2D eigenvalue weighted by atomic mass is 10.3. The molecule has 0 saturated carbocycles. The van der Waals surface area contributed by atoms with Crippen LogP contribution < -0.4 is 10.2 Å². The van der Waals surface area contributed by atoms with Crippen molar-refractivity contribution < 1.29 is 9.59 Å². The van der Waals surface area contributed by atoms with E-state index >= 15 is 0 Å². The minimum Gasteiger partial charge on any atom is -0.265 e. The third-order valence-corrected chi connectivity index (χ3v) is 3.12. The molecule has 1 saturated heterocycles. The van der Waals surface area contributed by atoms with Crippen molar-refractivity contribution in [1.29, 1.82) is 0 Å². The molecule has 102 valence electrons. The Labute approximate surface area is 116 Å². The lowest BCUT2D eigenvalue weighted by Crippen LogP contribution is -2.78. The first-order chi connectivity index (χ1) is 9.45. The van der Waals surface area contributed by atoms with Crippen LogP contribution in [0.4, 0.5) is 11.4 Å². The Morgan fingerprint density at radius 1 is 0.850 bits per heavy atom. The average molecular weight is 270 g/mol. The van der Waals surface area contributed by atoms with Gasteiger partial charge in [-0.25, -0.2) is 0 Å². The molecule has 2 bridgehead atoms. The molecule has 3 aliphatic heterocycles. The van der Waals surface area contributed by atoms with Crippen molar-refractivity contribution in [3.63, 3.8) is 0 Å². The van der Waals surface area contributed by atoms with Crippen molar-refractivity contribution in [2.75, 3.05) is 10.2 Å². The van der Waals surface area contributed by atoms with E-state index in [2.05, 4.69) is 13.2 Å². The fourth-order valence-electron chi connectivity index (χ4n) is 2.19. The zero-order valence-electron chi connectivity index (χ0n) is 11.3. The summed E-state index contributed by atoms with van der Waals surface area (Å²) in [6.45, 7) is 10.6. The van der Waals surface area contributed by atoms with Gasteiger partial charge in [-0.05, 0) is 26.0 Å². The number of carbonyl (C=O) groups is 2. The van der Waals surface area contributed by atoms with E-state index in [1.165, 1.54) is 20.5 Å². The molecule has 20 heavy (non-hydrogen) atoms. The third-order valence-electron chi connectivity index (χ3n) is 3.12. The van der Waals surface area contributed by atoms with Crippen LogP contribution in [-0.4, -0.2) is 22.1 Å². The topological polar surface area (TPSA) is 47.1 Å². The minimum absolute atomic E-state index is 0.257. The molecule has 1 aromatic carbocycles. The summed E-state index contributed by atoms with van der Waals surface area (Å²) in [5, 5.41) is 5.83. The Hall–Kier alpha value is -2.76. The van der Waals surface area contributed by atoms with Crippen LogP contribution in [0.15, 0.2) is 48.6 Å². The molecule has 0 aliphatic carbocycles. The highest BCUT2D eigenvalue weighted by molar-refractivity contribution is 6.04. The van der Waals surface area contributed by atoms with Crippen molar-refractivity contribution in [2.24, 2.45) is 0 Å². The van der Waals surface area contributed by atoms with Crippen LogP contribution in [0.3, 0.4) is 0 Å². The third kappa shape index (κ3) is 1.33. The maximum absolute atomic E-state index is 12.2. The maximum atomic E-state index is 12.2. The maximum Gasteiger partial charge on any atom is 0.290 e. The smallest absolute Gasteiger partial charge is 0.265 e. The van der Waals surface area contributed by atoms with Gasteiger partial charge in [-0.1, -0.05) is 25.3 Å². The summed E-state index contributed by atoms with van der Waals surface area (Å²) in [7, 11) is 0. The Balaban J connectivity index is 2.03. The highest BCUT2D eigenvalue weighted by Crippen LogP contribution is 2.49. The van der Waals surface area contributed by atoms with E-state index < -0.39 is 0 Å². The first-order valence-corrected chi connectivity index (χ1v) is 6.14. The molecule has 1 fully saturated rings. The average Bonchev–Trinajstić information content (AvgIpc) is 2.89. The van der Waals surface area contributed by atoms with Crippen LogP contribution in [0, 0.1) is 0 Å². The number of carbonyl (C=O) groups excluding carboxylic acids is 2. The zero-order valence-corrected chi connectivity index (χ0v) is 11.3. The van der Waals surface area contributed by atoms with Gasteiger partial charge in [-0.3, -0.25) is 9.59 Å². The molecule has 0 atom stereocenters. The normalized spacial score (nSPS) is 14.9. The fraction of sp³-hybridized carbons (Fsp3) is 0.143.